The van der Waals surface area contributed by atoms with E-state index in [1.54, 1.807) is 24.3 Å². The Morgan fingerprint density at radius 1 is 0.824 bits per heavy atom. The molecule has 90 valence electrons. The number of carboxylic acid groups (broad SMARTS) is 1. The predicted octanol–water partition coefficient (Wildman–Crippen LogP) is 1.57. The third kappa shape index (κ3) is 3.30. The van der Waals surface area contributed by atoms with Gasteiger partial charge < -0.3 is 9.90 Å². The molecule has 0 N–H and O–H groups in total. The van der Waals surface area contributed by atoms with Crippen molar-refractivity contribution >= 4 is 5.97 Å². The molecule has 0 fully saturated rings. The van der Waals surface area contributed by atoms with Crippen LogP contribution >= 0.6 is 0 Å². The molecule has 3 heteroatoms. The topological polar surface area (TPSA) is 40.1 Å². The van der Waals surface area contributed by atoms with Gasteiger partial charge in [-0.15, -0.1) is 0 Å². The van der Waals surface area contributed by atoms with E-state index >= 15 is 0 Å². The van der Waals surface area contributed by atoms with E-state index in [1.165, 1.54) is 0 Å². The fourth-order valence-corrected chi connectivity index (χ4v) is 1.76. The molecule has 0 aliphatic carbocycles. The number of benzene rings is 2. The van der Waals surface area contributed by atoms with E-state index in [-0.39, 0.29) is 22.4 Å². The van der Waals surface area contributed by atoms with E-state index in [0.717, 1.165) is 11.1 Å². The maximum atomic E-state index is 11.2. The minimum absolute atomic E-state index is 0. The molecule has 17 heavy (non-hydrogen) atoms. The van der Waals surface area contributed by atoms with Gasteiger partial charge in [0.1, 0.15) is 0 Å². The second-order valence-corrected chi connectivity index (χ2v) is 3.57. The van der Waals surface area contributed by atoms with Crippen molar-refractivity contribution in [1.29, 1.82) is 0 Å². The number of hydrogen-bond acceptors (Lipinski definition) is 2. The van der Waals surface area contributed by atoms with E-state index in [9.17, 15) is 9.90 Å². The normalized spacial score (nSPS) is 9.71. The largest absolute Gasteiger partial charge is 1.00 e. The Morgan fingerprint density at radius 2 is 1.18 bits per heavy atom. The van der Waals surface area contributed by atoms with Gasteiger partial charge in [-0.1, -0.05) is 60.7 Å². The first-order chi connectivity index (χ1) is 7.79. The Bertz CT molecular complexity index is 429. The van der Waals surface area contributed by atoms with E-state index in [2.05, 4.69) is 0 Å². The van der Waals surface area contributed by atoms with Gasteiger partial charge in [0.15, 0.2) is 0 Å². The summed E-state index contributed by atoms with van der Waals surface area (Å²) in [6, 6.07) is 18.2. The molecular weight excluding hydrogens is 308 g/mol. The van der Waals surface area contributed by atoms with Gasteiger partial charge >= 0.3 is 22.4 Å². The van der Waals surface area contributed by atoms with Gasteiger partial charge in [-0.25, -0.2) is 0 Å². The Morgan fingerprint density at radius 3 is 1.47 bits per heavy atom. The second-order valence-electron chi connectivity index (χ2n) is 3.57. The third-order valence-electron chi connectivity index (χ3n) is 2.50. The number of carbonyl (C=O) groups is 1. The van der Waals surface area contributed by atoms with Gasteiger partial charge in [-0.05, 0) is 11.1 Å². The molecule has 0 amide bonds. The van der Waals surface area contributed by atoms with Crippen molar-refractivity contribution in [3.05, 3.63) is 71.8 Å². The summed E-state index contributed by atoms with van der Waals surface area (Å²) in [6.45, 7) is 0. The number of aliphatic carboxylic acids is 1. The third-order valence-corrected chi connectivity index (χ3v) is 2.50. The van der Waals surface area contributed by atoms with Crippen LogP contribution in [0.5, 0.6) is 0 Å². The number of hydrogen-bond donors (Lipinski definition) is 0. The first-order valence-corrected chi connectivity index (χ1v) is 5.10. The van der Waals surface area contributed by atoms with Crippen molar-refractivity contribution in [3.63, 3.8) is 0 Å². The number of carbonyl (C=O) groups excluding carboxylic acids is 1. The Hall–Kier alpha value is -1.35. The minimum atomic E-state index is -1.07. The summed E-state index contributed by atoms with van der Waals surface area (Å²) in [5.74, 6) is -1.76. The standard InChI is InChI=1S/C14H12O2.Ag/c15-14(16)13(11-7-3-1-4-8-11)12-9-5-2-6-10-12;/h1-10,13H,(H,15,16);/q;+1/p-1. The molecule has 0 spiro atoms. The summed E-state index contributed by atoms with van der Waals surface area (Å²) in [5, 5.41) is 11.2. The van der Waals surface area contributed by atoms with Crippen LogP contribution in [0.15, 0.2) is 60.7 Å². The molecule has 2 aromatic rings. The van der Waals surface area contributed by atoms with Crippen molar-refractivity contribution in [1.82, 2.24) is 0 Å². The average Bonchev–Trinajstić information content (AvgIpc) is 2.31. The SMILES string of the molecule is O=C([O-])C(c1ccccc1)c1ccccc1.[Ag+]. The van der Waals surface area contributed by atoms with Crippen LogP contribution in [-0.2, 0) is 27.2 Å². The van der Waals surface area contributed by atoms with Gasteiger partial charge in [-0.3, -0.25) is 0 Å². The Balaban J connectivity index is 0.00000144. The minimum Gasteiger partial charge on any atom is -0.549 e. The molecule has 0 aromatic heterocycles. The van der Waals surface area contributed by atoms with Crippen LogP contribution in [0.4, 0.5) is 0 Å². The zero-order chi connectivity index (χ0) is 11.4. The summed E-state index contributed by atoms with van der Waals surface area (Å²) in [7, 11) is 0. The van der Waals surface area contributed by atoms with Crippen LogP contribution < -0.4 is 5.11 Å². The second kappa shape index (κ2) is 6.40. The Labute approximate surface area is 116 Å². The smallest absolute Gasteiger partial charge is 0.549 e. The molecule has 0 saturated heterocycles. The first kappa shape index (κ1) is 13.7. The maximum absolute atomic E-state index is 11.2. The van der Waals surface area contributed by atoms with Crippen LogP contribution in [0.3, 0.4) is 0 Å². The summed E-state index contributed by atoms with van der Waals surface area (Å²) >= 11 is 0. The van der Waals surface area contributed by atoms with Gasteiger partial charge in [0.05, 0.1) is 5.97 Å². The molecule has 0 atom stereocenters. The van der Waals surface area contributed by atoms with Crippen molar-refractivity contribution in [2.24, 2.45) is 0 Å². The van der Waals surface area contributed by atoms with Crippen molar-refractivity contribution in [2.45, 2.75) is 5.92 Å². The molecule has 0 saturated carbocycles. The molecule has 2 rings (SSSR count). The fraction of sp³-hybridized carbons (Fsp3) is 0.0714. The van der Waals surface area contributed by atoms with Gasteiger partial charge in [-0.2, -0.15) is 0 Å². The summed E-state index contributed by atoms with van der Waals surface area (Å²) in [5.41, 5.74) is 1.49. The molecular formula is C14H11AgO2. The van der Waals surface area contributed by atoms with E-state index in [4.69, 9.17) is 0 Å². The zero-order valence-corrected chi connectivity index (χ0v) is 10.5. The Kier molecular flexibility index (Phi) is 5.16. The van der Waals surface area contributed by atoms with Gasteiger partial charge in [0, 0.05) is 5.92 Å². The molecule has 0 aliphatic heterocycles. The molecule has 2 nitrogen and oxygen atoms in total. The van der Waals surface area contributed by atoms with E-state index < -0.39 is 11.9 Å². The molecule has 0 radical (unpaired) electrons. The zero-order valence-electron chi connectivity index (χ0n) is 8.97. The van der Waals surface area contributed by atoms with Crippen LogP contribution in [0.25, 0.3) is 0 Å². The van der Waals surface area contributed by atoms with Gasteiger partial charge in [0.2, 0.25) is 0 Å². The monoisotopic (exact) mass is 318 g/mol. The van der Waals surface area contributed by atoms with E-state index in [1.807, 2.05) is 36.4 Å². The molecule has 2 aromatic carbocycles. The fourth-order valence-electron chi connectivity index (χ4n) is 1.76. The summed E-state index contributed by atoms with van der Waals surface area (Å²) in [4.78, 5) is 11.2. The molecule has 0 aliphatic rings. The average molecular weight is 319 g/mol. The van der Waals surface area contributed by atoms with Crippen LogP contribution in [0.1, 0.15) is 17.0 Å². The van der Waals surface area contributed by atoms with Crippen LogP contribution in [0, 0.1) is 0 Å². The van der Waals surface area contributed by atoms with Crippen molar-refractivity contribution < 1.29 is 32.3 Å². The number of rotatable bonds is 3. The van der Waals surface area contributed by atoms with E-state index in [0.29, 0.717) is 0 Å². The predicted molar refractivity (Wildman–Crippen MR) is 59.7 cm³/mol. The summed E-state index contributed by atoms with van der Waals surface area (Å²) < 4.78 is 0. The quantitative estimate of drug-likeness (QED) is 0.806. The molecule has 0 unspecified atom stereocenters. The molecule has 0 heterocycles. The van der Waals surface area contributed by atoms with Crippen LogP contribution in [0.2, 0.25) is 0 Å². The van der Waals surface area contributed by atoms with Crippen LogP contribution in [-0.4, -0.2) is 5.97 Å². The number of carboxylic acids is 1. The molecule has 0 bridgehead atoms. The van der Waals surface area contributed by atoms with Gasteiger partial charge in [0.25, 0.3) is 0 Å². The van der Waals surface area contributed by atoms with Crippen molar-refractivity contribution in [3.8, 4) is 0 Å². The first-order valence-electron chi connectivity index (χ1n) is 5.10. The van der Waals surface area contributed by atoms with Crippen molar-refractivity contribution in [2.75, 3.05) is 0 Å². The maximum Gasteiger partial charge on any atom is 1.00 e. The summed E-state index contributed by atoms with van der Waals surface area (Å²) in [6.07, 6.45) is 0.